The van der Waals surface area contributed by atoms with Crippen molar-refractivity contribution in [3.05, 3.63) is 78.4 Å². The second kappa shape index (κ2) is 11.1. The van der Waals surface area contributed by atoms with Crippen molar-refractivity contribution in [1.82, 2.24) is 4.31 Å². The molecule has 3 aromatic rings. The van der Waals surface area contributed by atoms with Gasteiger partial charge in [-0.1, -0.05) is 50.2 Å². The Morgan fingerprint density at radius 2 is 1.72 bits per heavy atom. The van der Waals surface area contributed by atoms with Crippen LogP contribution in [0.3, 0.4) is 0 Å². The summed E-state index contributed by atoms with van der Waals surface area (Å²) in [5.74, 6) is 0.930. The fraction of sp³-hybridized carbons (Fsp3) is 0.321. The Bertz CT molecular complexity index is 1310. The van der Waals surface area contributed by atoms with Crippen LogP contribution in [0.5, 0.6) is 17.2 Å². The lowest BCUT2D eigenvalue weighted by Gasteiger charge is -2.31. The molecule has 1 fully saturated rings. The maximum atomic E-state index is 13.6. The molecule has 1 amide bonds. The summed E-state index contributed by atoms with van der Waals surface area (Å²) in [6, 6.07) is 21.8. The monoisotopic (exact) mass is 508 g/mol. The number of hydrogen-bond donors (Lipinski definition) is 1. The summed E-state index contributed by atoms with van der Waals surface area (Å²) >= 11 is 0. The number of nitrogens with one attached hydrogen (secondary N) is 1. The number of anilines is 1. The molecular weight excluding hydrogens is 476 g/mol. The Kier molecular flexibility index (Phi) is 7.96. The van der Waals surface area contributed by atoms with Crippen molar-refractivity contribution >= 4 is 21.6 Å². The molecule has 36 heavy (non-hydrogen) atoms. The van der Waals surface area contributed by atoms with Crippen LogP contribution in [0.2, 0.25) is 0 Å². The van der Waals surface area contributed by atoms with Crippen molar-refractivity contribution in [3.63, 3.8) is 0 Å². The van der Waals surface area contributed by atoms with E-state index in [2.05, 4.69) is 5.32 Å². The van der Waals surface area contributed by atoms with Gasteiger partial charge in [-0.3, -0.25) is 4.79 Å². The Morgan fingerprint density at radius 3 is 2.44 bits per heavy atom. The van der Waals surface area contributed by atoms with Crippen molar-refractivity contribution in [1.29, 1.82) is 0 Å². The molecule has 0 bridgehead atoms. The first-order chi connectivity index (χ1) is 17.3. The minimum Gasteiger partial charge on any atom is -0.495 e. The van der Waals surface area contributed by atoms with E-state index in [1.807, 2.05) is 62.4 Å². The topological polar surface area (TPSA) is 84.9 Å². The highest BCUT2D eigenvalue weighted by Gasteiger charge is 2.35. The number of carbonyl (C=O) groups is 1. The summed E-state index contributed by atoms with van der Waals surface area (Å²) in [7, 11) is -2.38. The van der Waals surface area contributed by atoms with E-state index in [9.17, 15) is 13.2 Å². The molecule has 0 radical (unpaired) electrons. The molecule has 1 saturated heterocycles. The lowest BCUT2D eigenvalue weighted by Crippen LogP contribution is -2.43. The number of rotatable bonds is 8. The van der Waals surface area contributed by atoms with Gasteiger partial charge in [0.1, 0.15) is 16.4 Å². The second-order valence-corrected chi connectivity index (χ2v) is 11.1. The number of sulfonamides is 1. The number of nitrogens with zero attached hydrogens (tertiary/aromatic N) is 1. The molecule has 1 heterocycles. The van der Waals surface area contributed by atoms with E-state index in [1.54, 1.807) is 24.3 Å². The highest BCUT2D eigenvalue weighted by molar-refractivity contribution is 7.89. The number of benzene rings is 3. The number of piperidine rings is 1. The smallest absolute Gasteiger partial charge is 0.246 e. The third-order valence-electron chi connectivity index (χ3n) is 6.34. The van der Waals surface area contributed by atoms with Crippen molar-refractivity contribution in [2.45, 2.75) is 37.5 Å². The first kappa shape index (κ1) is 25.7. The Labute approximate surface area is 213 Å². The molecular formula is C28H32N2O5S. The second-order valence-electron chi connectivity index (χ2n) is 9.17. The normalized spacial score (nSPS) is 16.5. The Morgan fingerprint density at radius 1 is 1.00 bits per heavy atom. The van der Waals surface area contributed by atoms with Crippen molar-refractivity contribution < 1.29 is 22.7 Å². The summed E-state index contributed by atoms with van der Waals surface area (Å²) in [6.07, 6.45) is 1.19. The third-order valence-corrected chi connectivity index (χ3v) is 8.23. The predicted octanol–water partition coefficient (Wildman–Crippen LogP) is 5.65. The lowest BCUT2D eigenvalue weighted by atomic mass is 9.98. The van der Waals surface area contributed by atoms with Gasteiger partial charge in [0, 0.05) is 13.1 Å². The molecule has 1 aliphatic heterocycles. The number of para-hydroxylation sites is 3. The van der Waals surface area contributed by atoms with Gasteiger partial charge >= 0.3 is 0 Å². The number of ether oxygens (including phenoxy) is 2. The molecule has 0 saturated carbocycles. The molecule has 3 aromatic carbocycles. The average molecular weight is 509 g/mol. The minimum absolute atomic E-state index is 0.102. The van der Waals surface area contributed by atoms with Gasteiger partial charge in [-0.05, 0) is 60.7 Å². The van der Waals surface area contributed by atoms with Crippen LogP contribution >= 0.6 is 0 Å². The zero-order valence-electron chi connectivity index (χ0n) is 20.8. The van der Waals surface area contributed by atoms with Crippen molar-refractivity contribution in [2.75, 3.05) is 25.5 Å². The molecule has 0 aliphatic carbocycles. The van der Waals surface area contributed by atoms with Gasteiger partial charge in [0.15, 0.2) is 5.75 Å². The van der Waals surface area contributed by atoms with Gasteiger partial charge in [0.2, 0.25) is 15.9 Å². The molecule has 1 N–H and O–H groups in total. The molecule has 0 spiro atoms. The van der Waals surface area contributed by atoms with Gasteiger partial charge < -0.3 is 14.8 Å². The van der Waals surface area contributed by atoms with Gasteiger partial charge in [-0.2, -0.15) is 4.31 Å². The van der Waals surface area contributed by atoms with Crippen LogP contribution in [-0.4, -0.2) is 38.8 Å². The summed E-state index contributed by atoms with van der Waals surface area (Å²) in [5.41, 5.74) is 1.45. The first-order valence-corrected chi connectivity index (χ1v) is 13.5. The Hall–Kier alpha value is -3.36. The van der Waals surface area contributed by atoms with Crippen LogP contribution in [-0.2, 0) is 14.8 Å². The van der Waals surface area contributed by atoms with Gasteiger partial charge in [-0.25, -0.2) is 8.42 Å². The van der Waals surface area contributed by atoms with E-state index in [0.29, 0.717) is 42.3 Å². The van der Waals surface area contributed by atoms with E-state index < -0.39 is 15.9 Å². The largest absolute Gasteiger partial charge is 0.495 e. The summed E-state index contributed by atoms with van der Waals surface area (Å²) < 4.78 is 40.0. The minimum atomic E-state index is -3.85. The summed E-state index contributed by atoms with van der Waals surface area (Å²) in [5, 5.41) is 2.95. The van der Waals surface area contributed by atoms with Crippen LogP contribution in [0.25, 0.3) is 0 Å². The van der Waals surface area contributed by atoms with E-state index in [0.717, 1.165) is 5.56 Å². The molecule has 0 unspecified atom stereocenters. The highest BCUT2D eigenvalue weighted by atomic mass is 32.2. The number of hydrogen-bond acceptors (Lipinski definition) is 5. The number of carbonyl (C=O) groups excluding carboxylic acids is 1. The fourth-order valence-corrected chi connectivity index (χ4v) is 5.99. The summed E-state index contributed by atoms with van der Waals surface area (Å²) in [6.45, 7) is 4.48. The average Bonchev–Trinajstić information content (AvgIpc) is 2.90. The van der Waals surface area contributed by atoms with Gasteiger partial charge in [0.25, 0.3) is 0 Å². The van der Waals surface area contributed by atoms with Crippen LogP contribution in [0.4, 0.5) is 5.69 Å². The molecule has 7 nitrogen and oxygen atoms in total. The standard InChI is InChI=1S/C28H32N2O5S/c1-20(2)21-15-16-26(34-3)27(18-21)36(32,33)30-17-9-10-22(19-30)28(31)29-24-13-7-8-14-25(24)35-23-11-5-4-6-12-23/h4-8,11-16,18,20,22H,9-10,17,19H2,1-3H3,(H,29,31)/t22-/m0/s1. The van der Waals surface area contributed by atoms with E-state index >= 15 is 0 Å². The van der Waals surface area contributed by atoms with E-state index in [1.165, 1.54) is 11.4 Å². The fourth-order valence-electron chi connectivity index (χ4n) is 4.28. The van der Waals surface area contributed by atoms with Gasteiger partial charge in [0.05, 0.1) is 18.7 Å². The van der Waals surface area contributed by atoms with Crippen molar-refractivity contribution in [3.8, 4) is 17.2 Å². The van der Waals surface area contributed by atoms with Crippen LogP contribution in [0, 0.1) is 5.92 Å². The molecule has 8 heteroatoms. The predicted molar refractivity (Wildman–Crippen MR) is 140 cm³/mol. The van der Waals surface area contributed by atoms with Crippen molar-refractivity contribution in [2.24, 2.45) is 5.92 Å². The molecule has 1 aliphatic rings. The van der Waals surface area contributed by atoms with Gasteiger partial charge in [-0.15, -0.1) is 0 Å². The maximum Gasteiger partial charge on any atom is 0.246 e. The SMILES string of the molecule is COc1ccc(C(C)C)cc1S(=O)(=O)N1CCC[C@H](C(=O)Nc2ccccc2Oc2ccccc2)C1. The zero-order valence-corrected chi connectivity index (χ0v) is 21.6. The van der Waals surface area contributed by atoms with E-state index in [-0.39, 0.29) is 23.3 Å². The quantitative estimate of drug-likeness (QED) is 0.425. The summed E-state index contributed by atoms with van der Waals surface area (Å²) in [4.78, 5) is 13.4. The molecule has 190 valence electrons. The van der Waals surface area contributed by atoms with Crippen LogP contribution in [0.1, 0.15) is 38.2 Å². The first-order valence-electron chi connectivity index (χ1n) is 12.1. The third kappa shape index (κ3) is 5.71. The molecule has 0 aromatic heterocycles. The number of methoxy groups -OCH3 is 1. The molecule has 4 rings (SSSR count). The molecule has 1 atom stereocenters. The highest BCUT2D eigenvalue weighted by Crippen LogP contribution is 2.34. The zero-order chi connectivity index (χ0) is 25.7. The van der Waals surface area contributed by atoms with E-state index in [4.69, 9.17) is 9.47 Å². The van der Waals surface area contributed by atoms with Crippen LogP contribution in [0.15, 0.2) is 77.7 Å². The lowest BCUT2D eigenvalue weighted by molar-refractivity contribution is -0.120. The Balaban J connectivity index is 1.52. The van der Waals surface area contributed by atoms with Crippen LogP contribution < -0.4 is 14.8 Å². The maximum absolute atomic E-state index is 13.6. The number of amides is 1.